The number of anilines is 3. The Labute approximate surface area is 361 Å². The molecule has 0 fully saturated rings. The van der Waals surface area contributed by atoms with E-state index in [0.717, 1.165) is 95.0 Å². The standard InChI is InChI=1S/C55H52N6O/c1-52(2,3)29-21-22-36-30(23-29)32-26-43(54(7,8)9)57-45-34-24-35-46-48-33(27-44(58-46)55(10,11)12)31-25-42(53(4,5)6)56-28-39(31)61(48)50(35)51(49(34)60(36)47(32)45)59-37-17-13-15-19-40(37)62-41-20-16-14-18-38(41)59/h13-28H,1-12H3. The van der Waals surface area contributed by atoms with Crippen LogP contribution >= 0.6 is 0 Å². The molecule has 0 radical (unpaired) electrons. The second-order valence-electron chi connectivity index (χ2n) is 21.9. The van der Waals surface area contributed by atoms with Crippen molar-refractivity contribution in [3.05, 3.63) is 120 Å². The van der Waals surface area contributed by atoms with Gasteiger partial charge in [-0.3, -0.25) is 9.88 Å². The molecule has 62 heavy (non-hydrogen) atoms. The van der Waals surface area contributed by atoms with Gasteiger partial charge in [-0.05, 0) is 71.6 Å². The van der Waals surface area contributed by atoms with E-state index in [1.807, 2.05) is 0 Å². The molecular weight excluding hydrogens is 761 g/mol. The van der Waals surface area contributed by atoms with Crippen molar-refractivity contribution in [1.29, 1.82) is 0 Å². The molecule has 1 aliphatic heterocycles. The summed E-state index contributed by atoms with van der Waals surface area (Å²) in [7, 11) is 0. The van der Waals surface area contributed by atoms with Crippen molar-refractivity contribution < 1.29 is 4.74 Å². The van der Waals surface area contributed by atoms with Crippen LogP contribution in [0.3, 0.4) is 0 Å². The molecule has 4 aromatic carbocycles. The summed E-state index contributed by atoms with van der Waals surface area (Å²) in [5.74, 6) is 1.61. The van der Waals surface area contributed by atoms with Gasteiger partial charge >= 0.3 is 0 Å². The lowest BCUT2D eigenvalue weighted by Crippen LogP contribution is -2.17. The van der Waals surface area contributed by atoms with Gasteiger partial charge in [0.15, 0.2) is 11.5 Å². The van der Waals surface area contributed by atoms with Gasteiger partial charge in [0.2, 0.25) is 0 Å². The van der Waals surface area contributed by atoms with Crippen LogP contribution in [0.25, 0.3) is 76.5 Å². The number of hydrogen-bond acceptors (Lipinski definition) is 5. The Hall–Kier alpha value is -6.47. The molecule has 7 heteroatoms. The first kappa shape index (κ1) is 37.3. The zero-order valence-corrected chi connectivity index (χ0v) is 37.8. The van der Waals surface area contributed by atoms with Crippen molar-refractivity contribution in [2.24, 2.45) is 0 Å². The van der Waals surface area contributed by atoms with Gasteiger partial charge in [-0.25, -0.2) is 9.97 Å². The largest absolute Gasteiger partial charge is 0.453 e. The number of fused-ring (bicyclic) bond motifs is 14. The van der Waals surface area contributed by atoms with Crippen molar-refractivity contribution in [2.45, 2.75) is 105 Å². The Kier molecular flexibility index (Phi) is 7.04. The topological polar surface area (TPSA) is 60.0 Å². The molecule has 0 saturated carbocycles. The number of nitrogens with zero attached hydrogens (tertiary/aromatic N) is 6. The lowest BCUT2D eigenvalue weighted by atomic mass is 9.86. The van der Waals surface area contributed by atoms with Crippen LogP contribution in [0.2, 0.25) is 0 Å². The highest BCUT2D eigenvalue weighted by Crippen LogP contribution is 2.57. The smallest absolute Gasteiger partial charge is 0.151 e. The molecule has 11 aromatic rings. The number of benzene rings is 4. The first-order valence-corrected chi connectivity index (χ1v) is 22.0. The fourth-order valence-electron chi connectivity index (χ4n) is 10.1. The predicted molar refractivity (Wildman–Crippen MR) is 259 cm³/mol. The van der Waals surface area contributed by atoms with E-state index in [9.17, 15) is 0 Å². The van der Waals surface area contributed by atoms with Gasteiger partial charge in [0.05, 0.1) is 67.4 Å². The maximum absolute atomic E-state index is 6.72. The van der Waals surface area contributed by atoms with Crippen LogP contribution in [-0.4, -0.2) is 23.8 Å². The molecule has 0 bridgehead atoms. The second kappa shape index (κ2) is 11.7. The number of hydrogen-bond donors (Lipinski definition) is 0. The van der Waals surface area contributed by atoms with Gasteiger partial charge in [-0.2, -0.15) is 0 Å². The van der Waals surface area contributed by atoms with Gasteiger partial charge in [-0.15, -0.1) is 0 Å². The van der Waals surface area contributed by atoms with Gasteiger partial charge < -0.3 is 13.5 Å². The average molecular weight is 813 g/mol. The Morgan fingerprint density at radius 2 is 0.919 bits per heavy atom. The van der Waals surface area contributed by atoms with E-state index in [1.54, 1.807) is 0 Å². The lowest BCUT2D eigenvalue weighted by molar-refractivity contribution is 0.477. The van der Waals surface area contributed by atoms with Gasteiger partial charge in [0.1, 0.15) is 0 Å². The summed E-state index contributed by atoms with van der Waals surface area (Å²) in [6.45, 7) is 27.3. The third-order valence-electron chi connectivity index (χ3n) is 13.4. The third-order valence-corrected chi connectivity index (χ3v) is 13.4. The quantitative estimate of drug-likeness (QED) is 0.165. The number of rotatable bonds is 1. The molecule has 0 amide bonds. The number of pyridine rings is 3. The third kappa shape index (κ3) is 4.91. The molecule has 0 unspecified atom stereocenters. The number of aromatic nitrogens is 5. The Bertz CT molecular complexity index is 3470. The molecule has 1 aliphatic rings. The summed E-state index contributed by atoms with van der Waals surface area (Å²) in [5.41, 5.74) is 15.7. The molecule has 0 saturated heterocycles. The minimum absolute atomic E-state index is 0.0208. The minimum Gasteiger partial charge on any atom is -0.453 e. The fraction of sp³-hybridized carbons (Fsp3) is 0.291. The lowest BCUT2D eigenvalue weighted by Gasteiger charge is -2.33. The van der Waals surface area contributed by atoms with Gasteiger partial charge in [0.25, 0.3) is 0 Å². The Morgan fingerprint density at radius 3 is 1.44 bits per heavy atom. The zero-order chi connectivity index (χ0) is 43.2. The number of ether oxygens (including phenoxy) is 1. The van der Waals surface area contributed by atoms with E-state index in [4.69, 9.17) is 19.7 Å². The van der Waals surface area contributed by atoms with Crippen molar-refractivity contribution in [3.63, 3.8) is 0 Å². The highest BCUT2D eigenvalue weighted by atomic mass is 16.5. The molecule has 7 nitrogen and oxygen atoms in total. The summed E-state index contributed by atoms with van der Waals surface area (Å²) in [6, 6.07) is 33.4. The Morgan fingerprint density at radius 1 is 0.435 bits per heavy atom. The van der Waals surface area contributed by atoms with E-state index in [2.05, 4.69) is 194 Å². The molecule has 308 valence electrons. The molecule has 7 aromatic heterocycles. The monoisotopic (exact) mass is 812 g/mol. The van der Waals surface area contributed by atoms with Crippen LogP contribution in [0.1, 0.15) is 106 Å². The molecule has 0 aliphatic carbocycles. The molecule has 0 atom stereocenters. The Balaban J connectivity index is 1.40. The summed E-state index contributed by atoms with van der Waals surface area (Å²) in [4.78, 5) is 19.0. The van der Waals surface area contributed by atoms with Crippen LogP contribution in [-0.2, 0) is 21.7 Å². The fourth-order valence-corrected chi connectivity index (χ4v) is 10.1. The zero-order valence-electron chi connectivity index (χ0n) is 37.8. The highest BCUT2D eigenvalue weighted by Gasteiger charge is 2.36. The maximum Gasteiger partial charge on any atom is 0.151 e. The van der Waals surface area contributed by atoms with Crippen LogP contribution in [0.5, 0.6) is 11.5 Å². The SMILES string of the molecule is CC(C)(C)c1ccc2c(c1)c1cc(C(C)(C)C)nc3c4cc5c6nc(C(C)(C)C)cc7c8cc(C(C)(C)C)ncc8n(c5c(N5c8ccccc8Oc8ccccc85)c4n2c13)c76. The first-order chi connectivity index (χ1) is 29.3. The molecule has 12 rings (SSSR count). The van der Waals surface area contributed by atoms with Gasteiger partial charge in [0, 0.05) is 65.6 Å². The maximum atomic E-state index is 6.72. The van der Waals surface area contributed by atoms with Crippen LogP contribution in [0.4, 0.5) is 17.1 Å². The molecule has 0 N–H and O–H groups in total. The minimum atomic E-state index is -0.193. The van der Waals surface area contributed by atoms with E-state index in [0.29, 0.717) is 0 Å². The van der Waals surface area contributed by atoms with E-state index < -0.39 is 0 Å². The predicted octanol–water partition coefficient (Wildman–Crippen LogP) is 14.9. The van der Waals surface area contributed by atoms with Crippen LogP contribution in [0, 0.1) is 0 Å². The molecule has 8 heterocycles. The number of para-hydroxylation sites is 4. The average Bonchev–Trinajstić information content (AvgIpc) is 3.93. The van der Waals surface area contributed by atoms with Gasteiger partial charge in [-0.1, -0.05) is 113 Å². The van der Waals surface area contributed by atoms with E-state index in [-0.39, 0.29) is 21.7 Å². The normalized spacial score (nSPS) is 14.2. The van der Waals surface area contributed by atoms with Crippen molar-refractivity contribution in [3.8, 4) is 11.5 Å². The molecule has 0 spiro atoms. The summed E-state index contributed by atoms with van der Waals surface area (Å²) in [6.07, 6.45) is 2.10. The first-order valence-electron chi connectivity index (χ1n) is 22.0. The summed E-state index contributed by atoms with van der Waals surface area (Å²) < 4.78 is 11.7. The van der Waals surface area contributed by atoms with Crippen LogP contribution in [0.15, 0.2) is 97.2 Å². The summed E-state index contributed by atoms with van der Waals surface area (Å²) in [5, 5.41) is 7.06. The van der Waals surface area contributed by atoms with Crippen molar-refractivity contribution in [1.82, 2.24) is 23.8 Å². The summed E-state index contributed by atoms with van der Waals surface area (Å²) >= 11 is 0. The second-order valence-corrected chi connectivity index (χ2v) is 21.9. The van der Waals surface area contributed by atoms with E-state index >= 15 is 0 Å². The van der Waals surface area contributed by atoms with E-state index in [1.165, 1.54) is 32.6 Å². The highest BCUT2D eigenvalue weighted by molar-refractivity contribution is 6.32. The molecular formula is C55H52N6O. The van der Waals surface area contributed by atoms with Crippen LogP contribution < -0.4 is 9.64 Å². The van der Waals surface area contributed by atoms with Crippen molar-refractivity contribution >= 4 is 93.5 Å². The van der Waals surface area contributed by atoms with Crippen molar-refractivity contribution in [2.75, 3.05) is 4.90 Å².